The third-order valence-electron chi connectivity index (χ3n) is 5.08. The number of hydrogen-bond donors (Lipinski definition) is 1. The van der Waals surface area contributed by atoms with Gasteiger partial charge in [-0.05, 0) is 36.2 Å². The molecular weight excluding hydrogens is 410 g/mol. The molecule has 0 aliphatic carbocycles. The summed E-state index contributed by atoms with van der Waals surface area (Å²) in [5, 5.41) is 12.2. The predicted octanol–water partition coefficient (Wildman–Crippen LogP) is 3.76. The van der Waals surface area contributed by atoms with Gasteiger partial charge in [-0.2, -0.15) is 4.52 Å². The summed E-state index contributed by atoms with van der Waals surface area (Å²) in [4.78, 5) is 4.79. The molecule has 0 radical (unpaired) electrons. The van der Waals surface area contributed by atoms with E-state index in [0.29, 0.717) is 12.4 Å². The van der Waals surface area contributed by atoms with Crippen molar-refractivity contribution in [3.8, 4) is 0 Å². The van der Waals surface area contributed by atoms with Gasteiger partial charge in [0.15, 0.2) is 5.65 Å². The van der Waals surface area contributed by atoms with Gasteiger partial charge in [0, 0.05) is 11.9 Å². The van der Waals surface area contributed by atoms with Crippen LogP contribution in [0, 0.1) is 0 Å². The van der Waals surface area contributed by atoms with E-state index in [1.807, 2.05) is 42.5 Å². The van der Waals surface area contributed by atoms with Gasteiger partial charge in [0.25, 0.3) is 0 Å². The highest BCUT2D eigenvalue weighted by Gasteiger charge is 2.26. The van der Waals surface area contributed by atoms with Crippen molar-refractivity contribution in [1.82, 2.24) is 19.8 Å². The van der Waals surface area contributed by atoms with Gasteiger partial charge in [0.1, 0.15) is 5.82 Å². The van der Waals surface area contributed by atoms with Crippen molar-refractivity contribution < 1.29 is 8.42 Å². The zero-order chi connectivity index (χ0) is 21.3. The van der Waals surface area contributed by atoms with Gasteiger partial charge in [-0.25, -0.2) is 13.4 Å². The normalized spacial score (nSPS) is 11.7. The highest BCUT2D eigenvalue weighted by Crippen LogP contribution is 2.27. The van der Waals surface area contributed by atoms with E-state index in [1.165, 1.54) is 10.1 Å². The van der Waals surface area contributed by atoms with Gasteiger partial charge in [-0.15, -0.1) is 5.10 Å². The van der Waals surface area contributed by atoms with Crippen molar-refractivity contribution in [2.24, 2.45) is 0 Å². The molecule has 0 unspecified atom stereocenters. The first-order chi connectivity index (χ1) is 15.1. The summed E-state index contributed by atoms with van der Waals surface area (Å²) >= 11 is 0. The summed E-state index contributed by atoms with van der Waals surface area (Å²) in [6.07, 6.45) is 0.814. The van der Waals surface area contributed by atoms with Crippen LogP contribution >= 0.6 is 0 Å². The lowest BCUT2D eigenvalue weighted by atomic mass is 10.1. The van der Waals surface area contributed by atoms with E-state index in [1.54, 1.807) is 30.3 Å². The second kappa shape index (κ2) is 7.81. The Morgan fingerprint density at radius 2 is 1.52 bits per heavy atom. The fourth-order valence-electron chi connectivity index (χ4n) is 3.54. The molecule has 8 heteroatoms. The minimum atomic E-state index is -3.86. The molecule has 0 amide bonds. The van der Waals surface area contributed by atoms with Crippen molar-refractivity contribution in [3.05, 3.63) is 90.5 Å². The second-order valence-electron chi connectivity index (χ2n) is 7.09. The lowest BCUT2D eigenvalue weighted by Crippen LogP contribution is -2.09. The van der Waals surface area contributed by atoms with Crippen molar-refractivity contribution in [3.63, 3.8) is 0 Å². The van der Waals surface area contributed by atoms with Gasteiger partial charge < -0.3 is 5.32 Å². The van der Waals surface area contributed by atoms with E-state index >= 15 is 0 Å². The van der Waals surface area contributed by atoms with Crippen molar-refractivity contribution in [2.75, 3.05) is 11.9 Å². The van der Waals surface area contributed by atoms with E-state index in [4.69, 9.17) is 0 Å². The third-order valence-corrected chi connectivity index (χ3v) is 6.75. The Labute approximate surface area is 179 Å². The van der Waals surface area contributed by atoms with Crippen LogP contribution < -0.4 is 5.32 Å². The average molecular weight is 430 g/mol. The summed E-state index contributed by atoms with van der Waals surface area (Å²) in [6.45, 7) is 0.652. The van der Waals surface area contributed by atoms with Gasteiger partial charge in [0.2, 0.25) is 14.9 Å². The van der Waals surface area contributed by atoms with Crippen LogP contribution in [0.25, 0.3) is 16.6 Å². The Morgan fingerprint density at radius 3 is 2.29 bits per heavy atom. The fraction of sp³-hybridized carbons (Fsp3) is 0.0870. The highest BCUT2D eigenvalue weighted by molar-refractivity contribution is 7.91. The van der Waals surface area contributed by atoms with Crippen molar-refractivity contribution in [1.29, 1.82) is 0 Å². The Morgan fingerprint density at radius 1 is 0.839 bits per heavy atom. The van der Waals surface area contributed by atoms with Crippen LogP contribution in [0.5, 0.6) is 0 Å². The van der Waals surface area contributed by atoms with E-state index in [2.05, 4.69) is 32.7 Å². The minimum absolute atomic E-state index is 0.157. The van der Waals surface area contributed by atoms with Crippen molar-refractivity contribution >= 4 is 32.2 Å². The molecule has 0 aliphatic heterocycles. The van der Waals surface area contributed by atoms with Crippen LogP contribution in [0.4, 0.5) is 5.82 Å². The van der Waals surface area contributed by atoms with Crippen LogP contribution in [0.15, 0.2) is 94.9 Å². The molecule has 0 aliphatic rings. The van der Waals surface area contributed by atoms with E-state index < -0.39 is 9.84 Å². The molecule has 0 fully saturated rings. The lowest BCUT2D eigenvalue weighted by molar-refractivity contribution is 0.592. The first-order valence-corrected chi connectivity index (χ1v) is 11.3. The SMILES string of the molecule is O=S(=O)(c1ccccc1)c1nnn2c1nc(NCCc1ccccc1)c1ccccc12. The molecule has 3 aromatic carbocycles. The molecule has 2 heterocycles. The molecule has 0 bridgehead atoms. The first-order valence-electron chi connectivity index (χ1n) is 9.87. The summed E-state index contributed by atoms with van der Waals surface area (Å²) < 4.78 is 27.8. The number of nitrogens with zero attached hydrogens (tertiary/aromatic N) is 4. The molecule has 0 saturated heterocycles. The first kappa shape index (κ1) is 19.2. The number of aromatic nitrogens is 4. The predicted molar refractivity (Wildman–Crippen MR) is 119 cm³/mol. The van der Waals surface area contributed by atoms with Crippen LogP contribution in [0.2, 0.25) is 0 Å². The summed E-state index contributed by atoms with van der Waals surface area (Å²) in [6, 6.07) is 25.9. The molecule has 0 atom stereocenters. The molecule has 31 heavy (non-hydrogen) atoms. The fourth-order valence-corrected chi connectivity index (χ4v) is 4.79. The van der Waals surface area contributed by atoms with E-state index in [9.17, 15) is 8.42 Å². The molecule has 7 nitrogen and oxygen atoms in total. The number of anilines is 1. The number of hydrogen-bond acceptors (Lipinski definition) is 6. The van der Waals surface area contributed by atoms with Gasteiger partial charge in [-0.1, -0.05) is 65.9 Å². The summed E-state index contributed by atoms with van der Waals surface area (Å²) in [5.74, 6) is 0.603. The highest BCUT2D eigenvalue weighted by atomic mass is 32.2. The summed E-state index contributed by atoms with van der Waals surface area (Å²) in [7, 11) is -3.86. The molecule has 1 N–H and O–H groups in total. The minimum Gasteiger partial charge on any atom is -0.369 e. The molecule has 0 spiro atoms. The standard InChI is InChI=1S/C23H19N5O2S/c29-31(30,18-11-5-2-6-12-18)23-22-25-21(24-16-15-17-9-3-1-4-10-17)19-13-7-8-14-20(19)28(22)27-26-23/h1-14H,15-16H2,(H,24,25). The monoisotopic (exact) mass is 429 g/mol. The number of nitrogens with one attached hydrogen (secondary N) is 1. The largest absolute Gasteiger partial charge is 0.369 e. The van der Waals surface area contributed by atoms with E-state index in [-0.39, 0.29) is 15.6 Å². The zero-order valence-electron chi connectivity index (χ0n) is 16.5. The smallest absolute Gasteiger partial charge is 0.229 e. The zero-order valence-corrected chi connectivity index (χ0v) is 17.3. The molecule has 5 rings (SSSR count). The maximum Gasteiger partial charge on any atom is 0.229 e. The number of benzene rings is 3. The Bertz CT molecular complexity index is 1470. The van der Waals surface area contributed by atoms with Crippen LogP contribution in [-0.4, -0.2) is 34.8 Å². The average Bonchev–Trinajstić information content (AvgIpc) is 3.25. The second-order valence-corrected chi connectivity index (χ2v) is 8.95. The number of rotatable bonds is 6. The van der Waals surface area contributed by atoms with E-state index in [0.717, 1.165) is 17.3 Å². The number of sulfone groups is 1. The lowest BCUT2D eigenvalue weighted by Gasteiger charge is -2.10. The molecule has 154 valence electrons. The van der Waals surface area contributed by atoms with Crippen molar-refractivity contribution in [2.45, 2.75) is 16.3 Å². The molecule has 0 saturated carbocycles. The molecular formula is C23H19N5O2S. The van der Waals surface area contributed by atoms with Gasteiger partial charge in [-0.3, -0.25) is 0 Å². The number of para-hydroxylation sites is 1. The molecule has 5 aromatic rings. The Kier molecular flexibility index (Phi) is 4.83. The van der Waals surface area contributed by atoms with Gasteiger partial charge >= 0.3 is 0 Å². The quantitative estimate of drug-likeness (QED) is 0.442. The Hall–Kier alpha value is -3.78. The maximum atomic E-state index is 13.2. The topological polar surface area (TPSA) is 89.2 Å². The number of fused-ring (bicyclic) bond motifs is 3. The van der Waals surface area contributed by atoms with Crippen LogP contribution in [-0.2, 0) is 16.3 Å². The van der Waals surface area contributed by atoms with Gasteiger partial charge in [0.05, 0.1) is 10.4 Å². The maximum absolute atomic E-state index is 13.2. The third kappa shape index (κ3) is 3.51. The molecule has 2 aromatic heterocycles. The van der Waals surface area contributed by atoms with Crippen LogP contribution in [0.1, 0.15) is 5.56 Å². The van der Waals surface area contributed by atoms with Crippen LogP contribution in [0.3, 0.4) is 0 Å². The Balaban J connectivity index is 1.59. The summed E-state index contributed by atoms with van der Waals surface area (Å²) in [5.41, 5.74) is 2.14.